The molecule has 0 bridgehead atoms. The van der Waals surface area contributed by atoms with Crippen LogP contribution in [0.5, 0.6) is 0 Å². The Hall–Kier alpha value is -0.920. The Balaban J connectivity index is 0. The molecule has 0 aromatic carbocycles. The third-order valence-electron chi connectivity index (χ3n) is 3.87. The predicted molar refractivity (Wildman–Crippen MR) is 106 cm³/mol. The number of unbranched alkanes of at least 4 members (excludes halogenated alkanes) is 11. The monoisotopic (exact) mass is 394 g/mol. The normalized spacial score (nSPS) is 11.2. The lowest BCUT2D eigenvalue weighted by Gasteiger charge is -2.00. The van der Waals surface area contributed by atoms with Crippen LogP contribution in [-0.2, 0) is 19.9 Å². The zero-order chi connectivity index (χ0) is 20.1. The lowest BCUT2D eigenvalue weighted by atomic mass is 10.1. The lowest BCUT2D eigenvalue weighted by Crippen LogP contribution is -1.98. The van der Waals surface area contributed by atoms with Crippen LogP contribution in [0, 0.1) is 0 Å². The van der Waals surface area contributed by atoms with Crippen molar-refractivity contribution in [3.8, 4) is 0 Å². The van der Waals surface area contributed by atoms with Crippen LogP contribution in [-0.4, -0.2) is 30.6 Å². The predicted octanol–water partition coefficient (Wildman–Crippen LogP) is 5.54. The van der Waals surface area contributed by atoms with E-state index in [9.17, 15) is 4.79 Å². The first-order chi connectivity index (χ1) is 12.3. The topological polar surface area (TPSA) is 101 Å². The van der Waals surface area contributed by atoms with Crippen molar-refractivity contribution in [2.24, 2.45) is 0 Å². The molecule has 26 heavy (non-hydrogen) atoms. The highest BCUT2D eigenvalue weighted by Gasteiger charge is 1.98. The van der Waals surface area contributed by atoms with E-state index in [0.717, 1.165) is 12.8 Å². The van der Waals surface area contributed by atoms with Gasteiger partial charge in [-0.15, -0.1) is 0 Å². The van der Waals surface area contributed by atoms with Gasteiger partial charge in [0.15, 0.2) is 0 Å². The van der Waals surface area contributed by atoms with Crippen molar-refractivity contribution in [1.82, 2.24) is 0 Å². The standard InChI is InChI=1S/C19H36O2.H2O4S/c1-3-4-5-6-7-8-9-10-11-12-13-14-15-16-17-18-19(20)21-2;1-5(2,3)4/h10-11H,3-9,12-18H2,1-2H3;(H2,1,2,3,4)/b11-10-;. The van der Waals surface area contributed by atoms with Crippen LogP contribution in [0.3, 0.4) is 0 Å². The largest absolute Gasteiger partial charge is 0.469 e. The lowest BCUT2D eigenvalue weighted by molar-refractivity contribution is -0.140. The highest BCUT2D eigenvalue weighted by Crippen LogP contribution is 2.10. The maximum Gasteiger partial charge on any atom is 0.394 e. The van der Waals surface area contributed by atoms with E-state index in [1.807, 2.05) is 0 Å². The summed E-state index contributed by atoms with van der Waals surface area (Å²) in [6, 6.07) is 0. The molecule has 0 saturated carbocycles. The minimum atomic E-state index is -4.67. The fraction of sp³-hybridized carbons (Fsp3) is 0.842. The molecule has 0 aromatic heterocycles. The van der Waals surface area contributed by atoms with Gasteiger partial charge in [0, 0.05) is 6.42 Å². The first kappa shape index (κ1) is 27.3. The summed E-state index contributed by atoms with van der Waals surface area (Å²) in [4.78, 5) is 10.9. The number of rotatable bonds is 15. The van der Waals surface area contributed by atoms with Crippen LogP contribution >= 0.6 is 0 Å². The minimum absolute atomic E-state index is 0.0763. The molecule has 0 aliphatic rings. The van der Waals surface area contributed by atoms with Gasteiger partial charge in [0.05, 0.1) is 7.11 Å². The third kappa shape index (κ3) is 34.4. The summed E-state index contributed by atoms with van der Waals surface area (Å²) in [7, 11) is -3.21. The maximum atomic E-state index is 10.9. The van der Waals surface area contributed by atoms with E-state index >= 15 is 0 Å². The van der Waals surface area contributed by atoms with Crippen LogP contribution in [0.15, 0.2) is 12.2 Å². The molecule has 0 unspecified atom stereocenters. The SMILES string of the molecule is CCCCCCCC/C=C\CCCCCCCC(=O)OC.O=S(=O)(O)O. The van der Waals surface area contributed by atoms with E-state index in [4.69, 9.17) is 17.5 Å². The van der Waals surface area contributed by atoms with Crippen LogP contribution in [0.25, 0.3) is 0 Å². The van der Waals surface area contributed by atoms with Crippen molar-refractivity contribution in [2.45, 2.75) is 96.8 Å². The maximum absolute atomic E-state index is 10.9. The van der Waals surface area contributed by atoms with Gasteiger partial charge in [-0.05, 0) is 32.1 Å². The molecular formula is C19H38O6S. The van der Waals surface area contributed by atoms with E-state index in [2.05, 4.69) is 23.8 Å². The van der Waals surface area contributed by atoms with Gasteiger partial charge in [-0.2, -0.15) is 8.42 Å². The van der Waals surface area contributed by atoms with Gasteiger partial charge in [0.2, 0.25) is 0 Å². The molecule has 0 heterocycles. The first-order valence-corrected chi connectivity index (χ1v) is 11.1. The van der Waals surface area contributed by atoms with Gasteiger partial charge in [0.1, 0.15) is 0 Å². The van der Waals surface area contributed by atoms with Crippen molar-refractivity contribution < 1.29 is 27.1 Å². The number of carbonyl (C=O) groups is 1. The molecule has 2 N–H and O–H groups in total. The van der Waals surface area contributed by atoms with Gasteiger partial charge < -0.3 is 4.74 Å². The fourth-order valence-corrected chi connectivity index (χ4v) is 2.44. The van der Waals surface area contributed by atoms with E-state index in [0.29, 0.717) is 6.42 Å². The van der Waals surface area contributed by atoms with E-state index in [1.165, 1.54) is 77.7 Å². The quantitative estimate of drug-likeness (QED) is 0.164. The second kappa shape index (κ2) is 20.4. The number of hydrogen-bond donors (Lipinski definition) is 2. The molecule has 156 valence electrons. The molecule has 0 aromatic rings. The highest BCUT2D eigenvalue weighted by molar-refractivity contribution is 7.79. The van der Waals surface area contributed by atoms with Crippen molar-refractivity contribution in [1.29, 1.82) is 0 Å². The summed E-state index contributed by atoms with van der Waals surface area (Å²) in [5.74, 6) is -0.0763. The van der Waals surface area contributed by atoms with E-state index in [-0.39, 0.29) is 5.97 Å². The zero-order valence-corrected chi connectivity index (χ0v) is 17.3. The second-order valence-corrected chi connectivity index (χ2v) is 7.25. The van der Waals surface area contributed by atoms with Crippen molar-refractivity contribution in [3.63, 3.8) is 0 Å². The average molecular weight is 395 g/mol. The molecule has 0 saturated heterocycles. The summed E-state index contributed by atoms with van der Waals surface area (Å²) in [5, 5.41) is 0. The summed E-state index contributed by atoms with van der Waals surface area (Å²) < 4.78 is 36.2. The fourth-order valence-electron chi connectivity index (χ4n) is 2.44. The van der Waals surface area contributed by atoms with Gasteiger partial charge in [0.25, 0.3) is 0 Å². The van der Waals surface area contributed by atoms with E-state index < -0.39 is 10.4 Å². The molecule has 7 heteroatoms. The van der Waals surface area contributed by atoms with Crippen LogP contribution in [0.1, 0.15) is 96.8 Å². The summed E-state index contributed by atoms with van der Waals surface area (Å²) in [5.41, 5.74) is 0. The Kier molecular flexibility index (Phi) is 21.4. The average Bonchev–Trinajstić information content (AvgIpc) is 2.56. The van der Waals surface area contributed by atoms with Gasteiger partial charge in [-0.25, -0.2) is 0 Å². The molecule has 0 aliphatic heterocycles. The number of methoxy groups -OCH3 is 1. The van der Waals surface area contributed by atoms with Crippen LogP contribution in [0.4, 0.5) is 0 Å². The molecule has 0 fully saturated rings. The number of carbonyl (C=O) groups excluding carboxylic acids is 1. The summed E-state index contributed by atoms with van der Waals surface area (Å²) >= 11 is 0. The Morgan fingerprint density at radius 3 is 1.62 bits per heavy atom. The van der Waals surface area contributed by atoms with E-state index in [1.54, 1.807) is 0 Å². The number of allylic oxidation sites excluding steroid dienone is 2. The Morgan fingerprint density at radius 2 is 1.19 bits per heavy atom. The molecular weight excluding hydrogens is 356 g/mol. The molecule has 0 rings (SSSR count). The number of hydrogen-bond acceptors (Lipinski definition) is 4. The molecule has 0 atom stereocenters. The van der Waals surface area contributed by atoms with Crippen molar-refractivity contribution >= 4 is 16.4 Å². The second-order valence-electron chi connectivity index (χ2n) is 6.36. The zero-order valence-electron chi connectivity index (χ0n) is 16.5. The minimum Gasteiger partial charge on any atom is -0.469 e. The van der Waals surface area contributed by atoms with Crippen molar-refractivity contribution in [3.05, 3.63) is 12.2 Å². The molecule has 0 spiro atoms. The Morgan fingerprint density at radius 1 is 0.808 bits per heavy atom. The van der Waals surface area contributed by atoms with Crippen LogP contribution in [0.2, 0.25) is 0 Å². The number of ether oxygens (including phenoxy) is 1. The van der Waals surface area contributed by atoms with Gasteiger partial charge in [-0.3, -0.25) is 13.9 Å². The smallest absolute Gasteiger partial charge is 0.394 e. The Labute approximate surface area is 160 Å². The Bertz CT molecular complexity index is 423. The molecule has 0 amide bonds. The van der Waals surface area contributed by atoms with Gasteiger partial charge >= 0.3 is 16.4 Å². The third-order valence-corrected chi connectivity index (χ3v) is 3.87. The summed E-state index contributed by atoms with van der Waals surface area (Å²) in [6.45, 7) is 2.27. The van der Waals surface area contributed by atoms with Crippen molar-refractivity contribution in [2.75, 3.05) is 7.11 Å². The van der Waals surface area contributed by atoms with Gasteiger partial charge in [-0.1, -0.05) is 70.4 Å². The summed E-state index contributed by atoms with van der Waals surface area (Å²) in [6.07, 6.45) is 22.0. The highest BCUT2D eigenvalue weighted by atomic mass is 32.3. The van der Waals surface area contributed by atoms with Crippen LogP contribution < -0.4 is 0 Å². The number of esters is 1. The molecule has 0 radical (unpaired) electrons. The molecule has 0 aliphatic carbocycles. The molecule has 6 nitrogen and oxygen atoms in total. The first-order valence-electron chi connectivity index (χ1n) is 9.73.